The summed E-state index contributed by atoms with van der Waals surface area (Å²) in [7, 11) is 0. The van der Waals surface area contributed by atoms with Crippen LogP contribution < -0.4 is 10.6 Å². The molecule has 1 aromatic carbocycles. The molecule has 3 rings (SSSR count). The molecule has 2 aromatic heterocycles. The maximum atomic E-state index is 11.9. The Morgan fingerprint density at radius 2 is 2.00 bits per heavy atom. The summed E-state index contributed by atoms with van der Waals surface area (Å²) in [5.74, 6) is 0.682. The summed E-state index contributed by atoms with van der Waals surface area (Å²) in [6, 6.07) is 5.43. The molecule has 0 radical (unpaired) electrons. The van der Waals surface area contributed by atoms with E-state index in [9.17, 15) is 4.79 Å². The Morgan fingerprint density at radius 3 is 2.71 bits per heavy atom. The van der Waals surface area contributed by atoms with Gasteiger partial charge in [0.15, 0.2) is 5.13 Å². The molecule has 0 saturated heterocycles. The second-order valence-electron chi connectivity index (χ2n) is 6.24. The summed E-state index contributed by atoms with van der Waals surface area (Å²) in [6.45, 7) is 5.82. The van der Waals surface area contributed by atoms with Gasteiger partial charge in [-0.25, -0.2) is 19.7 Å². The Bertz CT molecular complexity index is 930. The highest BCUT2D eigenvalue weighted by atomic mass is 32.2. The molecule has 0 saturated carbocycles. The number of aromatic nitrogens is 3. The Morgan fingerprint density at radius 1 is 1.25 bits per heavy atom. The van der Waals surface area contributed by atoms with Crippen molar-refractivity contribution in [1.29, 1.82) is 0 Å². The molecule has 1 atom stereocenters. The highest BCUT2D eigenvalue weighted by Crippen LogP contribution is 2.27. The van der Waals surface area contributed by atoms with Crippen molar-refractivity contribution in [2.24, 2.45) is 5.92 Å². The molecule has 0 bridgehead atoms. The first-order valence-corrected chi connectivity index (χ1v) is 11.0. The fraction of sp³-hybridized carbons (Fsp3) is 0.368. The van der Waals surface area contributed by atoms with Crippen LogP contribution in [0, 0.1) is 5.92 Å². The van der Waals surface area contributed by atoms with Gasteiger partial charge in [-0.1, -0.05) is 18.3 Å². The van der Waals surface area contributed by atoms with Gasteiger partial charge in [0, 0.05) is 30.4 Å². The smallest absolute Gasteiger partial charge is 0.338 e. The lowest BCUT2D eigenvalue weighted by atomic mass is 10.2. The first-order valence-electron chi connectivity index (χ1n) is 9.00. The summed E-state index contributed by atoms with van der Waals surface area (Å²) < 4.78 is 6.01. The molecule has 7 nitrogen and oxygen atoms in total. The van der Waals surface area contributed by atoms with E-state index in [-0.39, 0.29) is 5.97 Å². The third kappa shape index (κ3) is 5.32. The van der Waals surface area contributed by atoms with E-state index in [1.54, 1.807) is 24.8 Å². The largest absolute Gasteiger partial charge is 0.462 e. The number of ether oxygens (including phenoxy) is 1. The number of nitrogens with one attached hydrogen (secondary N) is 2. The minimum atomic E-state index is -0.306. The molecule has 0 aliphatic carbocycles. The first-order chi connectivity index (χ1) is 13.6. The zero-order valence-corrected chi connectivity index (χ0v) is 17.7. The number of carbonyl (C=O) groups excluding carboxylic acids is 1. The van der Waals surface area contributed by atoms with Gasteiger partial charge in [0.2, 0.25) is 5.95 Å². The SMILES string of the molecule is CCOC(=O)c1ccc2nc(NC[C@@H](C)CNc3ncc(SC)cn3)sc2c1. The predicted molar refractivity (Wildman–Crippen MR) is 116 cm³/mol. The van der Waals surface area contributed by atoms with E-state index in [0.29, 0.717) is 24.0 Å². The number of anilines is 2. The van der Waals surface area contributed by atoms with Crippen molar-refractivity contribution in [3.8, 4) is 0 Å². The van der Waals surface area contributed by atoms with E-state index >= 15 is 0 Å². The molecule has 0 fully saturated rings. The van der Waals surface area contributed by atoms with Gasteiger partial charge < -0.3 is 15.4 Å². The third-order valence-corrected chi connectivity index (χ3v) is 5.63. The number of fused-ring (bicyclic) bond motifs is 1. The Balaban J connectivity index is 1.53. The lowest BCUT2D eigenvalue weighted by Gasteiger charge is -2.13. The number of carbonyl (C=O) groups is 1. The van der Waals surface area contributed by atoms with Gasteiger partial charge in [-0.2, -0.15) is 0 Å². The molecule has 2 heterocycles. The van der Waals surface area contributed by atoms with E-state index in [4.69, 9.17) is 4.74 Å². The lowest BCUT2D eigenvalue weighted by molar-refractivity contribution is 0.0526. The fourth-order valence-corrected chi connectivity index (χ4v) is 3.68. The molecule has 0 aliphatic heterocycles. The van der Waals surface area contributed by atoms with Crippen LogP contribution >= 0.6 is 23.1 Å². The van der Waals surface area contributed by atoms with E-state index in [2.05, 4.69) is 32.5 Å². The molecule has 148 valence electrons. The standard InChI is InChI=1S/C19H23N5O2S2/c1-4-26-17(25)13-5-6-15-16(7-13)28-19(24-15)23-9-12(2)8-20-18-21-10-14(27-3)11-22-18/h5-7,10-12H,4,8-9H2,1-3H3,(H,23,24)(H,20,21,22)/t12-/m0/s1. The van der Waals surface area contributed by atoms with Crippen LogP contribution in [-0.2, 0) is 4.74 Å². The van der Waals surface area contributed by atoms with Gasteiger partial charge in [-0.3, -0.25) is 0 Å². The van der Waals surface area contributed by atoms with Gasteiger partial charge in [0.25, 0.3) is 0 Å². The summed E-state index contributed by atoms with van der Waals surface area (Å²) in [4.78, 5) is 26.1. The van der Waals surface area contributed by atoms with Crippen molar-refractivity contribution in [3.63, 3.8) is 0 Å². The average Bonchev–Trinajstić information content (AvgIpc) is 3.13. The molecular weight excluding hydrogens is 394 g/mol. The van der Waals surface area contributed by atoms with Crippen LogP contribution in [0.25, 0.3) is 10.2 Å². The monoisotopic (exact) mass is 417 g/mol. The maximum Gasteiger partial charge on any atom is 0.338 e. The number of hydrogen-bond acceptors (Lipinski definition) is 9. The topological polar surface area (TPSA) is 89.0 Å². The van der Waals surface area contributed by atoms with Crippen molar-refractivity contribution >= 4 is 50.4 Å². The number of rotatable bonds is 9. The Labute approximate surface area is 172 Å². The number of thioether (sulfide) groups is 1. The Hall–Kier alpha value is -2.39. The van der Waals surface area contributed by atoms with Gasteiger partial charge in [0.05, 0.1) is 22.4 Å². The highest BCUT2D eigenvalue weighted by Gasteiger charge is 2.11. The second kappa shape index (κ2) is 9.70. The summed E-state index contributed by atoms with van der Waals surface area (Å²) in [5.41, 5.74) is 1.42. The number of benzene rings is 1. The van der Waals surface area contributed by atoms with Crippen LogP contribution in [0.4, 0.5) is 11.1 Å². The van der Waals surface area contributed by atoms with Gasteiger partial charge in [-0.15, -0.1) is 11.8 Å². The van der Waals surface area contributed by atoms with E-state index < -0.39 is 0 Å². The van der Waals surface area contributed by atoms with Crippen LogP contribution in [0.15, 0.2) is 35.5 Å². The van der Waals surface area contributed by atoms with Crippen LogP contribution in [0.5, 0.6) is 0 Å². The molecule has 0 aliphatic rings. The van der Waals surface area contributed by atoms with Gasteiger partial charge >= 0.3 is 5.97 Å². The molecule has 2 N–H and O–H groups in total. The molecule has 3 aromatic rings. The normalized spacial score (nSPS) is 12.0. The minimum absolute atomic E-state index is 0.306. The first kappa shape index (κ1) is 20.3. The van der Waals surface area contributed by atoms with Crippen LogP contribution in [0.1, 0.15) is 24.2 Å². The van der Waals surface area contributed by atoms with Crippen molar-refractivity contribution in [1.82, 2.24) is 15.0 Å². The fourth-order valence-electron chi connectivity index (χ4n) is 2.45. The van der Waals surface area contributed by atoms with Gasteiger partial charge in [0.1, 0.15) is 0 Å². The third-order valence-electron chi connectivity index (χ3n) is 3.97. The van der Waals surface area contributed by atoms with Crippen molar-refractivity contribution in [2.45, 2.75) is 18.7 Å². The number of nitrogens with zero attached hydrogens (tertiary/aromatic N) is 3. The van der Waals surface area contributed by atoms with Crippen molar-refractivity contribution in [2.75, 3.05) is 36.6 Å². The predicted octanol–water partition coefficient (Wildman–Crippen LogP) is 4.15. The quantitative estimate of drug-likeness (QED) is 0.397. The summed E-state index contributed by atoms with van der Waals surface area (Å²) in [6.07, 6.45) is 5.63. The van der Waals surface area contributed by atoms with E-state index in [1.807, 2.05) is 30.8 Å². The second-order valence-corrected chi connectivity index (χ2v) is 8.15. The van der Waals surface area contributed by atoms with Crippen molar-refractivity contribution < 1.29 is 9.53 Å². The van der Waals surface area contributed by atoms with Crippen LogP contribution in [0.3, 0.4) is 0 Å². The van der Waals surface area contributed by atoms with Crippen LogP contribution in [0.2, 0.25) is 0 Å². The Kier molecular flexibility index (Phi) is 7.05. The lowest BCUT2D eigenvalue weighted by Crippen LogP contribution is -2.20. The number of thiazole rings is 1. The number of hydrogen-bond donors (Lipinski definition) is 2. The highest BCUT2D eigenvalue weighted by molar-refractivity contribution is 7.98. The molecular formula is C19H23N5O2S2. The molecule has 28 heavy (non-hydrogen) atoms. The summed E-state index contributed by atoms with van der Waals surface area (Å²) >= 11 is 3.15. The zero-order chi connectivity index (χ0) is 19.9. The van der Waals surface area contributed by atoms with E-state index in [1.165, 1.54) is 11.3 Å². The maximum absolute atomic E-state index is 11.9. The number of esters is 1. The van der Waals surface area contributed by atoms with E-state index in [0.717, 1.165) is 33.3 Å². The molecule has 0 amide bonds. The average molecular weight is 418 g/mol. The summed E-state index contributed by atoms with van der Waals surface area (Å²) in [5, 5.41) is 7.46. The van der Waals surface area contributed by atoms with Gasteiger partial charge in [-0.05, 0) is 37.3 Å². The zero-order valence-electron chi connectivity index (χ0n) is 16.1. The van der Waals surface area contributed by atoms with Crippen molar-refractivity contribution in [3.05, 3.63) is 36.2 Å². The molecule has 9 heteroatoms. The van der Waals surface area contributed by atoms with Crippen LogP contribution in [-0.4, -0.2) is 46.9 Å². The molecule has 0 unspecified atom stereocenters. The molecule has 0 spiro atoms. The minimum Gasteiger partial charge on any atom is -0.462 e.